The van der Waals surface area contributed by atoms with E-state index in [0.29, 0.717) is 32.1 Å². The molecule has 9 heteroatoms. The molecule has 0 aliphatic rings. The Labute approximate surface area is 176 Å². The molecule has 27 heavy (non-hydrogen) atoms. The Morgan fingerprint density at radius 1 is 1.04 bits per heavy atom. The first-order valence-electron chi connectivity index (χ1n) is 7.85. The van der Waals surface area contributed by atoms with Crippen LogP contribution in [0.2, 0.25) is 20.1 Å². The summed E-state index contributed by atoms with van der Waals surface area (Å²) in [5, 5.41) is 6.88. The SMILES string of the molecule is O=CNCC(=O)NCC(OCc1ccc(Cl)cc1Cl)c1ccc(Cl)cc1Cl. The average Bonchev–Trinajstić information content (AvgIpc) is 2.62. The number of carbonyl (C=O) groups excluding carboxylic acids is 2. The lowest BCUT2D eigenvalue weighted by molar-refractivity contribution is -0.122. The second-order valence-corrected chi connectivity index (χ2v) is 7.19. The molecule has 2 aromatic rings. The van der Waals surface area contributed by atoms with Gasteiger partial charge in [-0.05, 0) is 29.8 Å². The summed E-state index contributed by atoms with van der Waals surface area (Å²) in [5.74, 6) is -0.356. The molecule has 0 aliphatic heterocycles. The van der Waals surface area contributed by atoms with E-state index in [1.807, 2.05) is 0 Å². The third-order valence-electron chi connectivity index (χ3n) is 3.60. The topological polar surface area (TPSA) is 67.4 Å². The Hall–Kier alpha value is -1.50. The monoisotopic (exact) mass is 448 g/mol. The zero-order valence-electron chi connectivity index (χ0n) is 14.0. The first kappa shape index (κ1) is 21.8. The van der Waals surface area contributed by atoms with Crippen LogP contribution in [-0.2, 0) is 20.9 Å². The molecule has 0 saturated heterocycles. The van der Waals surface area contributed by atoms with Crippen LogP contribution in [0.1, 0.15) is 17.2 Å². The Morgan fingerprint density at radius 2 is 1.70 bits per heavy atom. The van der Waals surface area contributed by atoms with E-state index in [1.54, 1.807) is 36.4 Å². The van der Waals surface area contributed by atoms with Gasteiger partial charge in [0.2, 0.25) is 12.3 Å². The summed E-state index contributed by atoms with van der Waals surface area (Å²) in [4.78, 5) is 22.1. The Balaban J connectivity index is 2.13. The Bertz CT molecular complexity index is 817. The molecule has 0 fully saturated rings. The number of halogens is 4. The molecule has 2 aromatic carbocycles. The van der Waals surface area contributed by atoms with Crippen LogP contribution >= 0.6 is 46.4 Å². The van der Waals surface area contributed by atoms with E-state index in [-0.39, 0.29) is 25.6 Å². The van der Waals surface area contributed by atoms with Crippen LogP contribution in [0.15, 0.2) is 36.4 Å². The maximum Gasteiger partial charge on any atom is 0.239 e. The first-order valence-corrected chi connectivity index (χ1v) is 9.36. The second kappa shape index (κ2) is 10.7. The molecule has 0 aromatic heterocycles. The predicted molar refractivity (Wildman–Crippen MR) is 108 cm³/mol. The number of hydrogen-bond acceptors (Lipinski definition) is 3. The summed E-state index contributed by atoms with van der Waals surface area (Å²) < 4.78 is 5.95. The molecule has 0 bridgehead atoms. The molecule has 1 unspecified atom stereocenters. The molecule has 5 nitrogen and oxygen atoms in total. The lowest BCUT2D eigenvalue weighted by atomic mass is 10.1. The number of benzene rings is 2. The lowest BCUT2D eigenvalue weighted by Gasteiger charge is -2.21. The fourth-order valence-corrected chi connectivity index (χ4v) is 3.25. The number of amides is 2. The van der Waals surface area contributed by atoms with Crippen LogP contribution in [-0.4, -0.2) is 25.4 Å². The van der Waals surface area contributed by atoms with Crippen molar-refractivity contribution in [2.45, 2.75) is 12.7 Å². The third kappa shape index (κ3) is 6.87. The third-order valence-corrected chi connectivity index (χ3v) is 4.74. The van der Waals surface area contributed by atoms with E-state index in [4.69, 9.17) is 51.1 Å². The molecule has 2 N–H and O–H groups in total. The average molecular weight is 450 g/mol. The molecule has 0 aliphatic carbocycles. The summed E-state index contributed by atoms with van der Waals surface area (Å²) in [6.45, 7) is 0.196. The van der Waals surface area contributed by atoms with Crippen molar-refractivity contribution in [3.05, 3.63) is 67.6 Å². The van der Waals surface area contributed by atoms with Crippen LogP contribution in [0.4, 0.5) is 0 Å². The minimum Gasteiger partial charge on any atom is -0.367 e. The van der Waals surface area contributed by atoms with E-state index in [0.717, 1.165) is 5.56 Å². The normalized spacial score (nSPS) is 11.7. The highest BCUT2D eigenvalue weighted by Crippen LogP contribution is 2.30. The van der Waals surface area contributed by atoms with Crippen molar-refractivity contribution in [1.82, 2.24) is 10.6 Å². The Kier molecular flexibility index (Phi) is 8.67. The largest absolute Gasteiger partial charge is 0.367 e. The summed E-state index contributed by atoms with van der Waals surface area (Å²) >= 11 is 24.3. The van der Waals surface area contributed by atoms with Gasteiger partial charge in [-0.1, -0.05) is 58.5 Å². The highest BCUT2D eigenvalue weighted by Gasteiger charge is 2.18. The number of rotatable bonds is 9. The molecule has 0 spiro atoms. The zero-order chi connectivity index (χ0) is 19.8. The maximum absolute atomic E-state index is 11.8. The molecule has 0 saturated carbocycles. The van der Waals surface area contributed by atoms with Gasteiger partial charge in [0.1, 0.15) is 6.10 Å². The van der Waals surface area contributed by atoms with Crippen molar-refractivity contribution in [3.8, 4) is 0 Å². The number of hydrogen-bond donors (Lipinski definition) is 2. The summed E-state index contributed by atoms with van der Waals surface area (Å²) in [6, 6.07) is 10.1. The van der Waals surface area contributed by atoms with Gasteiger partial charge in [0.25, 0.3) is 0 Å². The molecule has 0 heterocycles. The van der Waals surface area contributed by atoms with E-state index in [1.165, 1.54) is 0 Å². The molecule has 144 valence electrons. The van der Waals surface area contributed by atoms with Crippen LogP contribution in [0, 0.1) is 0 Å². The molecule has 1 atom stereocenters. The smallest absolute Gasteiger partial charge is 0.239 e. The van der Waals surface area contributed by atoms with Crippen molar-refractivity contribution in [1.29, 1.82) is 0 Å². The number of nitrogens with one attached hydrogen (secondary N) is 2. The van der Waals surface area contributed by atoms with Crippen molar-refractivity contribution >= 4 is 58.7 Å². The summed E-state index contributed by atoms with van der Waals surface area (Å²) in [5.41, 5.74) is 1.40. The van der Waals surface area contributed by atoms with Crippen molar-refractivity contribution in [2.75, 3.05) is 13.1 Å². The van der Waals surface area contributed by atoms with E-state index >= 15 is 0 Å². The maximum atomic E-state index is 11.8. The van der Waals surface area contributed by atoms with Crippen molar-refractivity contribution in [3.63, 3.8) is 0 Å². The van der Waals surface area contributed by atoms with Crippen LogP contribution in [0.5, 0.6) is 0 Å². The standard InChI is InChI=1S/C18H16Cl4N2O3/c19-12-2-1-11(15(21)5-12)9-27-17(7-24-18(26)8-23-10-25)14-4-3-13(20)6-16(14)22/h1-6,10,17H,7-9H2,(H,23,25)(H,24,26). The first-order chi connectivity index (χ1) is 12.9. The molecule has 2 rings (SSSR count). The lowest BCUT2D eigenvalue weighted by Crippen LogP contribution is -2.36. The second-order valence-electron chi connectivity index (χ2n) is 5.50. The van der Waals surface area contributed by atoms with E-state index in [2.05, 4.69) is 10.6 Å². The minimum atomic E-state index is -0.554. The molecular formula is C18H16Cl4N2O3. The Morgan fingerprint density at radius 3 is 2.33 bits per heavy atom. The van der Waals surface area contributed by atoms with Gasteiger partial charge in [0.05, 0.1) is 13.2 Å². The van der Waals surface area contributed by atoms with Gasteiger partial charge in [0, 0.05) is 32.2 Å². The molecule has 2 amide bonds. The minimum absolute atomic E-state index is 0.131. The van der Waals surface area contributed by atoms with Crippen LogP contribution < -0.4 is 10.6 Å². The van der Waals surface area contributed by atoms with E-state index < -0.39 is 6.10 Å². The fraction of sp³-hybridized carbons (Fsp3) is 0.222. The summed E-state index contributed by atoms with van der Waals surface area (Å²) in [7, 11) is 0. The van der Waals surface area contributed by atoms with Crippen molar-refractivity contribution < 1.29 is 14.3 Å². The van der Waals surface area contributed by atoms with Crippen molar-refractivity contribution in [2.24, 2.45) is 0 Å². The molecule has 0 radical (unpaired) electrons. The van der Waals surface area contributed by atoms with Crippen LogP contribution in [0.3, 0.4) is 0 Å². The van der Waals surface area contributed by atoms with Crippen LogP contribution in [0.25, 0.3) is 0 Å². The van der Waals surface area contributed by atoms with E-state index in [9.17, 15) is 9.59 Å². The van der Waals surface area contributed by atoms with Gasteiger partial charge in [-0.2, -0.15) is 0 Å². The van der Waals surface area contributed by atoms with Gasteiger partial charge in [-0.25, -0.2) is 0 Å². The molecular weight excluding hydrogens is 434 g/mol. The van der Waals surface area contributed by atoms with Gasteiger partial charge in [-0.15, -0.1) is 0 Å². The number of ether oxygens (including phenoxy) is 1. The van der Waals surface area contributed by atoms with Gasteiger partial charge in [0.15, 0.2) is 0 Å². The summed E-state index contributed by atoms with van der Waals surface area (Å²) in [6.07, 6.45) is -0.103. The van der Waals surface area contributed by atoms with Gasteiger partial charge >= 0.3 is 0 Å². The van der Waals surface area contributed by atoms with Gasteiger partial charge < -0.3 is 15.4 Å². The fourth-order valence-electron chi connectivity index (χ4n) is 2.25. The number of carbonyl (C=O) groups is 2. The zero-order valence-corrected chi connectivity index (χ0v) is 17.0. The van der Waals surface area contributed by atoms with Gasteiger partial charge in [-0.3, -0.25) is 9.59 Å². The highest BCUT2D eigenvalue weighted by molar-refractivity contribution is 6.35. The quantitative estimate of drug-likeness (QED) is 0.556. The predicted octanol–water partition coefficient (Wildman–Crippen LogP) is 4.42. The highest BCUT2D eigenvalue weighted by atomic mass is 35.5.